The van der Waals surface area contributed by atoms with E-state index in [4.69, 9.17) is 5.11 Å². The molecule has 0 atom stereocenters. The van der Waals surface area contributed by atoms with Crippen LogP contribution in [0.25, 0.3) is 0 Å². The first-order valence-corrected chi connectivity index (χ1v) is 8.42. The van der Waals surface area contributed by atoms with Gasteiger partial charge in [0.1, 0.15) is 0 Å². The van der Waals surface area contributed by atoms with Crippen LogP contribution >= 0.6 is 0 Å². The second-order valence-electron chi connectivity index (χ2n) is 7.12. The van der Waals surface area contributed by atoms with Crippen LogP contribution in [0.4, 0.5) is 4.79 Å². The van der Waals surface area contributed by atoms with Gasteiger partial charge in [0.15, 0.2) is 0 Å². The van der Waals surface area contributed by atoms with Gasteiger partial charge in [-0.1, -0.05) is 72.6 Å². The van der Waals surface area contributed by atoms with Crippen LogP contribution in [0.15, 0.2) is 11.8 Å². The fraction of sp³-hybridized carbons (Fsp3) is 0.833. The topological polar surface area (TPSA) is 46.5 Å². The summed E-state index contributed by atoms with van der Waals surface area (Å²) in [5, 5.41) is 8.61. The molecule has 0 unspecified atom stereocenters. The van der Waals surface area contributed by atoms with E-state index in [0.29, 0.717) is 0 Å². The minimum absolute atomic E-state index is 0.161. The molecule has 0 aliphatic rings. The second kappa shape index (κ2) is 11.6. The first-order valence-electron chi connectivity index (χ1n) is 8.42. The molecule has 21 heavy (non-hydrogen) atoms. The lowest BCUT2D eigenvalue weighted by Gasteiger charge is -2.20. The van der Waals surface area contributed by atoms with Gasteiger partial charge >= 0.3 is 6.16 Å². The summed E-state index contributed by atoms with van der Waals surface area (Å²) in [6.07, 6.45) is 12.4. The van der Waals surface area contributed by atoms with Gasteiger partial charge in [-0.3, -0.25) is 0 Å². The van der Waals surface area contributed by atoms with Crippen LogP contribution in [-0.2, 0) is 4.74 Å². The average molecular weight is 298 g/mol. The number of allylic oxidation sites excluding steroid dienone is 1. The molecule has 0 aromatic carbocycles. The highest BCUT2D eigenvalue weighted by molar-refractivity contribution is 5.57. The Morgan fingerprint density at radius 3 is 2.00 bits per heavy atom. The second-order valence-corrected chi connectivity index (χ2v) is 7.12. The van der Waals surface area contributed by atoms with Crippen molar-refractivity contribution in [3.05, 3.63) is 11.8 Å². The summed E-state index contributed by atoms with van der Waals surface area (Å²) >= 11 is 0. The van der Waals surface area contributed by atoms with Crippen molar-refractivity contribution in [1.82, 2.24) is 0 Å². The van der Waals surface area contributed by atoms with Crippen LogP contribution in [0, 0.1) is 5.41 Å². The van der Waals surface area contributed by atoms with Crippen LogP contribution in [0.3, 0.4) is 0 Å². The van der Waals surface area contributed by atoms with Gasteiger partial charge in [-0.15, -0.1) is 0 Å². The third-order valence-corrected chi connectivity index (χ3v) is 3.44. The highest BCUT2D eigenvalue weighted by atomic mass is 16.7. The number of unbranched alkanes of at least 4 members (excludes halogenated alkanes) is 7. The molecule has 0 bridgehead atoms. The number of ether oxygens (including phenoxy) is 1. The largest absolute Gasteiger partial charge is 0.510 e. The predicted molar refractivity (Wildman–Crippen MR) is 88.5 cm³/mol. The van der Waals surface area contributed by atoms with E-state index in [0.717, 1.165) is 24.8 Å². The average Bonchev–Trinajstić information content (AvgIpc) is 2.37. The predicted octanol–water partition coefficient (Wildman–Crippen LogP) is 6.53. The number of rotatable bonds is 11. The fourth-order valence-electron chi connectivity index (χ4n) is 2.49. The van der Waals surface area contributed by atoms with Crippen molar-refractivity contribution in [2.45, 2.75) is 91.9 Å². The quantitative estimate of drug-likeness (QED) is 0.268. The van der Waals surface area contributed by atoms with Crippen LogP contribution < -0.4 is 0 Å². The Hall–Kier alpha value is -0.990. The molecule has 0 rings (SSSR count). The van der Waals surface area contributed by atoms with Gasteiger partial charge in [-0.25, -0.2) is 4.79 Å². The number of carboxylic acid groups (broad SMARTS) is 1. The van der Waals surface area contributed by atoms with Crippen molar-refractivity contribution in [3.8, 4) is 0 Å². The molecule has 0 aliphatic heterocycles. The van der Waals surface area contributed by atoms with E-state index in [9.17, 15) is 4.79 Å². The van der Waals surface area contributed by atoms with Crippen molar-refractivity contribution in [3.63, 3.8) is 0 Å². The monoisotopic (exact) mass is 298 g/mol. The third kappa shape index (κ3) is 15.2. The van der Waals surface area contributed by atoms with Gasteiger partial charge in [0.05, 0.1) is 6.26 Å². The molecular formula is C18H34O3. The van der Waals surface area contributed by atoms with Gasteiger partial charge in [0.2, 0.25) is 0 Å². The molecule has 0 aromatic rings. The number of hydrogen-bond donors (Lipinski definition) is 1. The van der Waals surface area contributed by atoms with Gasteiger partial charge in [-0.05, 0) is 30.3 Å². The molecule has 0 aliphatic carbocycles. The zero-order valence-electron chi connectivity index (χ0n) is 14.4. The summed E-state index contributed by atoms with van der Waals surface area (Å²) in [4.78, 5) is 10.5. The van der Waals surface area contributed by atoms with E-state index in [2.05, 4.69) is 32.4 Å². The molecule has 0 saturated carbocycles. The molecule has 0 heterocycles. The smallest absolute Gasteiger partial charge is 0.449 e. The summed E-state index contributed by atoms with van der Waals surface area (Å²) in [6.45, 7) is 8.72. The summed E-state index contributed by atoms with van der Waals surface area (Å²) in [5.74, 6) is 0. The SMILES string of the molecule is CCCCCCCCCCC(=COC(=O)O)CC(C)(C)C. The molecule has 3 nitrogen and oxygen atoms in total. The molecule has 0 fully saturated rings. The van der Waals surface area contributed by atoms with E-state index in [1.165, 1.54) is 51.2 Å². The van der Waals surface area contributed by atoms with Crippen LogP contribution in [0.1, 0.15) is 91.9 Å². The molecule has 0 spiro atoms. The van der Waals surface area contributed by atoms with Crippen molar-refractivity contribution in [2.24, 2.45) is 5.41 Å². The third-order valence-electron chi connectivity index (χ3n) is 3.44. The maximum atomic E-state index is 10.5. The van der Waals surface area contributed by atoms with E-state index in [-0.39, 0.29) is 5.41 Å². The Morgan fingerprint density at radius 2 is 1.52 bits per heavy atom. The van der Waals surface area contributed by atoms with E-state index in [1.54, 1.807) is 0 Å². The zero-order chi connectivity index (χ0) is 16.1. The van der Waals surface area contributed by atoms with Crippen molar-refractivity contribution < 1.29 is 14.6 Å². The summed E-state index contributed by atoms with van der Waals surface area (Å²) in [6, 6.07) is 0. The maximum absolute atomic E-state index is 10.5. The number of carbonyl (C=O) groups is 1. The lowest BCUT2D eigenvalue weighted by molar-refractivity contribution is 0.126. The molecule has 0 saturated heterocycles. The Kier molecular flexibility index (Phi) is 11.1. The van der Waals surface area contributed by atoms with E-state index < -0.39 is 6.16 Å². The molecule has 0 radical (unpaired) electrons. The van der Waals surface area contributed by atoms with Crippen LogP contribution in [0.5, 0.6) is 0 Å². The van der Waals surface area contributed by atoms with Gasteiger partial charge in [-0.2, -0.15) is 0 Å². The zero-order valence-corrected chi connectivity index (χ0v) is 14.4. The van der Waals surface area contributed by atoms with Crippen molar-refractivity contribution in [2.75, 3.05) is 0 Å². The highest BCUT2D eigenvalue weighted by Crippen LogP contribution is 2.27. The van der Waals surface area contributed by atoms with Crippen molar-refractivity contribution >= 4 is 6.16 Å². The van der Waals surface area contributed by atoms with Crippen LogP contribution in [-0.4, -0.2) is 11.3 Å². The molecule has 124 valence electrons. The maximum Gasteiger partial charge on any atom is 0.510 e. The molecule has 1 N–H and O–H groups in total. The Morgan fingerprint density at radius 1 is 1.00 bits per heavy atom. The lowest BCUT2D eigenvalue weighted by Crippen LogP contribution is -2.07. The fourth-order valence-corrected chi connectivity index (χ4v) is 2.49. The molecular weight excluding hydrogens is 264 g/mol. The molecule has 3 heteroatoms. The molecule has 0 aromatic heterocycles. The van der Waals surface area contributed by atoms with Crippen molar-refractivity contribution in [1.29, 1.82) is 0 Å². The standard InChI is InChI=1S/C18H34O3/c1-5-6-7-8-9-10-11-12-13-16(14-18(2,3)4)15-21-17(19)20/h15H,5-14H2,1-4H3,(H,19,20). The van der Waals surface area contributed by atoms with Crippen LogP contribution in [0.2, 0.25) is 0 Å². The highest BCUT2D eigenvalue weighted by Gasteiger charge is 2.14. The Balaban J connectivity index is 3.91. The summed E-state index contributed by atoms with van der Waals surface area (Å²) < 4.78 is 4.63. The van der Waals surface area contributed by atoms with Gasteiger partial charge < -0.3 is 9.84 Å². The minimum atomic E-state index is -1.22. The minimum Gasteiger partial charge on any atom is -0.449 e. The normalized spacial score (nSPS) is 12.5. The summed E-state index contributed by atoms with van der Waals surface area (Å²) in [7, 11) is 0. The number of hydrogen-bond acceptors (Lipinski definition) is 2. The van der Waals surface area contributed by atoms with Gasteiger partial charge in [0, 0.05) is 0 Å². The first-order chi connectivity index (χ1) is 9.85. The Labute approximate surface area is 130 Å². The molecule has 0 amide bonds. The lowest BCUT2D eigenvalue weighted by atomic mass is 9.86. The first kappa shape index (κ1) is 20.0. The van der Waals surface area contributed by atoms with E-state index >= 15 is 0 Å². The van der Waals surface area contributed by atoms with E-state index in [1.807, 2.05) is 0 Å². The Bertz CT molecular complexity index is 300. The van der Waals surface area contributed by atoms with Gasteiger partial charge in [0.25, 0.3) is 0 Å². The summed E-state index contributed by atoms with van der Waals surface area (Å²) in [5.41, 5.74) is 1.27.